The standard InChI is InChI=1S/C34H32Cl2N6O6/c1-40-13-22(32(45)41(2)33(40)46)30(44)37-23-9-5-7-20(29(23)36)19-6-4-8-21(28(19)35)24-12-18-10-11-25(27(18)31(38-24)47-3)42-15-34(16-42)17-48-14-26(43)39-34/h4-9,12-13,25H,10-11,14-17H2,1-3H3,(H,37,44)(H,39,43)/t25-/m0/s1. The highest BCUT2D eigenvalue weighted by Gasteiger charge is 2.50. The Hall–Kier alpha value is -4.49. The van der Waals surface area contributed by atoms with Crippen molar-refractivity contribution >= 4 is 40.7 Å². The van der Waals surface area contributed by atoms with Crippen molar-refractivity contribution in [2.75, 3.05) is 38.7 Å². The molecule has 48 heavy (non-hydrogen) atoms. The van der Waals surface area contributed by atoms with Crippen molar-refractivity contribution in [3.8, 4) is 28.3 Å². The van der Waals surface area contributed by atoms with E-state index < -0.39 is 17.2 Å². The molecule has 4 aromatic rings. The number of nitrogens with one attached hydrogen (secondary N) is 2. The van der Waals surface area contributed by atoms with Crippen LogP contribution in [0.3, 0.4) is 0 Å². The van der Waals surface area contributed by atoms with E-state index in [1.54, 1.807) is 25.3 Å². The molecule has 4 heterocycles. The van der Waals surface area contributed by atoms with Gasteiger partial charge in [-0.25, -0.2) is 9.78 Å². The Bertz CT molecular complexity index is 2120. The number of carbonyl (C=O) groups excluding carboxylic acids is 2. The number of nitrogens with zero attached hydrogens (tertiary/aromatic N) is 4. The lowest BCUT2D eigenvalue weighted by Gasteiger charge is -2.54. The molecule has 0 saturated carbocycles. The van der Waals surface area contributed by atoms with E-state index in [1.807, 2.05) is 18.2 Å². The van der Waals surface area contributed by atoms with E-state index in [0.29, 0.717) is 53.0 Å². The topological polar surface area (TPSA) is 137 Å². The first-order chi connectivity index (χ1) is 23.0. The Morgan fingerprint density at radius 3 is 2.50 bits per heavy atom. The average molecular weight is 692 g/mol. The summed E-state index contributed by atoms with van der Waals surface area (Å²) < 4.78 is 13.4. The molecule has 2 amide bonds. The van der Waals surface area contributed by atoms with Crippen LogP contribution in [-0.4, -0.2) is 69.8 Å². The van der Waals surface area contributed by atoms with Crippen LogP contribution in [0.15, 0.2) is 58.3 Å². The summed E-state index contributed by atoms with van der Waals surface area (Å²) in [4.78, 5) is 57.0. The van der Waals surface area contributed by atoms with E-state index >= 15 is 0 Å². The number of ether oxygens (including phenoxy) is 2. The maximum absolute atomic E-state index is 13.1. The smallest absolute Gasteiger partial charge is 0.330 e. The van der Waals surface area contributed by atoms with E-state index in [1.165, 1.54) is 20.3 Å². The zero-order chi connectivity index (χ0) is 33.9. The Morgan fingerprint density at radius 2 is 1.77 bits per heavy atom. The molecule has 12 nitrogen and oxygen atoms in total. The predicted molar refractivity (Wildman–Crippen MR) is 181 cm³/mol. The first-order valence-corrected chi connectivity index (χ1v) is 16.1. The van der Waals surface area contributed by atoms with Gasteiger partial charge in [-0.15, -0.1) is 0 Å². The molecule has 2 saturated heterocycles. The molecule has 1 spiro atoms. The van der Waals surface area contributed by atoms with E-state index in [9.17, 15) is 19.2 Å². The van der Waals surface area contributed by atoms with Crippen molar-refractivity contribution in [2.45, 2.75) is 24.4 Å². The van der Waals surface area contributed by atoms with Crippen molar-refractivity contribution in [3.63, 3.8) is 0 Å². The van der Waals surface area contributed by atoms with Crippen LogP contribution in [0.5, 0.6) is 5.88 Å². The van der Waals surface area contributed by atoms with Crippen LogP contribution in [0.2, 0.25) is 10.0 Å². The molecule has 2 fully saturated rings. The summed E-state index contributed by atoms with van der Waals surface area (Å²) in [6.45, 7) is 2.01. The fourth-order valence-electron chi connectivity index (χ4n) is 7.00. The zero-order valence-corrected chi connectivity index (χ0v) is 27.9. The monoisotopic (exact) mass is 690 g/mol. The van der Waals surface area contributed by atoms with Gasteiger partial charge in [0, 0.05) is 61.7 Å². The number of aromatic nitrogens is 3. The fourth-order valence-corrected chi connectivity index (χ4v) is 7.60. The Morgan fingerprint density at radius 1 is 1.06 bits per heavy atom. The molecular weight excluding hydrogens is 659 g/mol. The van der Waals surface area contributed by atoms with Gasteiger partial charge in [-0.2, -0.15) is 0 Å². The number of hydrogen-bond donors (Lipinski definition) is 2. The third-order valence-electron chi connectivity index (χ3n) is 9.29. The molecule has 14 heteroatoms. The molecule has 2 N–H and O–H groups in total. The number of morpholine rings is 1. The highest BCUT2D eigenvalue weighted by Crippen LogP contribution is 2.47. The maximum atomic E-state index is 13.1. The molecule has 2 aromatic heterocycles. The van der Waals surface area contributed by atoms with Gasteiger partial charge >= 0.3 is 5.69 Å². The summed E-state index contributed by atoms with van der Waals surface area (Å²) in [5.74, 6) is -0.256. The fraction of sp³-hybridized carbons (Fsp3) is 0.324. The van der Waals surface area contributed by atoms with Crippen molar-refractivity contribution < 1.29 is 19.1 Å². The second-order valence-corrected chi connectivity index (χ2v) is 13.2. The molecule has 2 aliphatic heterocycles. The number of aryl methyl sites for hydroxylation is 2. The SMILES string of the molecule is COc1nc(-c2cccc(-c3cccc(NC(=O)c4cn(C)c(=O)n(C)c4=O)c3Cl)c2Cl)cc2c1[C@@H](N1CC3(COCC(=O)N3)C1)CC2. The summed E-state index contributed by atoms with van der Waals surface area (Å²) >= 11 is 13.9. The first kappa shape index (κ1) is 32.1. The van der Waals surface area contributed by atoms with Crippen LogP contribution >= 0.6 is 23.2 Å². The van der Waals surface area contributed by atoms with Gasteiger partial charge in [0.1, 0.15) is 12.2 Å². The second-order valence-electron chi connectivity index (χ2n) is 12.5. The summed E-state index contributed by atoms with van der Waals surface area (Å²) in [7, 11) is 4.38. The van der Waals surface area contributed by atoms with Crippen molar-refractivity contribution in [3.05, 3.63) is 96.2 Å². The largest absolute Gasteiger partial charge is 0.481 e. The number of benzene rings is 2. The highest BCUT2D eigenvalue weighted by atomic mass is 35.5. The molecule has 0 bridgehead atoms. The van der Waals surface area contributed by atoms with E-state index in [2.05, 4.69) is 21.6 Å². The van der Waals surface area contributed by atoms with Gasteiger partial charge in [-0.1, -0.05) is 53.5 Å². The number of fused-ring (bicyclic) bond motifs is 1. The number of anilines is 1. The molecule has 7 rings (SSSR count). The van der Waals surface area contributed by atoms with Gasteiger partial charge in [0.05, 0.1) is 40.7 Å². The van der Waals surface area contributed by atoms with Crippen LogP contribution in [0.25, 0.3) is 22.4 Å². The van der Waals surface area contributed by atoms with Gasteiger partial charge in [0.2, 0.25) is 11.8 Å². The summed E-state index contributed by atoms with van der Waals surface area (Å²) in [5.41, 5.74) is 3.15. The molecule has 0 radical (unpaired) electrons. The zero-order valence-electron chi connectivity index (χ0n) is 26.4. The van der Waals surface area contributed by atoms with E-state index in [-0.39, 0.29) is 40.4 Å². The number of methoxy groups -OCH3 is 1. The second kappa shape index (κ2) is 12.2. The Labute approximate surface area is 285 Å². The number of halogens is 2. The van der Waals surface area contributed by atoms with Crippen LogP contribution < -0.4 is 26.6 Å². The summed E-state index contributed by atoms with van der Waals surface area (Å²) in [5, 5.41) is 6.44. The third kappa shape index (κ3) is 5.38. The Balaban J connectivity index is 1.17. The molecule has 3 aliphatic rings. The molecule has 0 unspecified atom stereocenters. The highest BCUT2D eigenvalue weighted by molar-refractivity contribution is 6.39. The lowest BCUT2D eigenvalue weighted by atomic mass is 9.87. The van der Waals surface area contributed by atoms with Gasteiger partial charge < -0.3 is 24.7 Å². The number of pyridine rings is 1. The molecular formula is C34H32Cl2N6O6. The number of likely N-dealkylation sites (tertiary alicyclic amines) is 1. The van der Waals surface area contributed by atoms with E-state index in [0.717, 1.165) is 33.1 Å². The number of amides is 2. The third-order valence-corrected chi connectivity index (χ3v) is 10.1. The minimum atomic E-state index is -0.719. The maximum Gasteiger partial charge on any atom is 0.330 e. The quantitative estimate of drug-likeness (QED) is 0.314. The molecule has 2 aromatic carbocycles. The lowest BCUT2D eigenvalue weighted by Crippen LogP contribution is -2.74. The average Bonchev–Trinajstić information content (AvgIpc) is 3.49. The number of carbonyl (C=O) groups is 2. The number of hydrogen-bond acceptors (Lipinski definition) is 8. The van der Waals surface area contributed by atoms with Crippen LogP contribution in [-0.2, 0) is 30.0 Å². The van der Waals surface area contributed by atoms with Gasteiger partial charge in [-0.05, 0) is 30.5 Å². The number of rotatable bonds is 6. The van der Waals surface area contributed by atoms with Crippen LogP contribution in [0.4, 0.5) is 5.69 Å². The van der Waals surface area contributed by atoms with E-state index in [4.69, 9.17) is 37.7 Å². The van der Waals surface area contributed by atoms with Gasteiger partial charge in [0.25, 0.3) is 11.5 Å². The van der Waals surface area contributed by atoms with Crippen molar-refractivity contribution in [1.82, 2.24) is 24.3 Å². The normalized spacial score (nSPS) is 18.3. The minimum Gasteiger partial charge on any atom is -0.481 e. The van der Waals surface area contributed by atoms with Crippen molar-refractivity contribution in [2.24, 2.45) is 14.1 Å². The first-order valence-electron chi connectivity index (χ1n) is 15.4. The van der Waals surface area contributed by atoms with Crippen molar-refractivity contribution in [1.29, 1.82) is 0 Å². The van der Waals surface area contributed by atoms with Crippen LogP contribution in [0, 0.1) is 0 Å². The predicted octanol–water partition coefficient (Wildman–Crippen LogP) is 3.57. The Kier molecular flexibility index (Phi) is 8.15. The van der Waals surface area contributed by atoms with Gasteiger partial charge in [0.15, 0.2) is 0 Å². The minimum absolute atomic E-state index is 0.0816. The van der Waals surface area contributed by atoms with Gasteiger partial charge in [-0.3, -0.25) is 23.9 Å². The molecule has 1 aliphatic carbocycles. The molecule has 248 valence electrons. The molecule has 1 atom stereocenters. The van der Waals surface area contributed by atoms with Crippen LogP contribution in [0.1, 0.15) is 33.9 Å². The summed E-state index contributed by atoms with van der Waals surface area (Å²) in [6, 6.07) is 12.9. The summed E-state index contributed by atoms with van der Waals surface area (Å²) in [6.07, 6.45) is 2.93. The lowest BCUT2D eigenvalue weighted by molar-refractivity contribution is -0.145.